The molecule has 2 amide bonds. The lowest BCUT2D eigenvalue weighted by molar-refractivity contribution is -0.143. The number of hydrogen-bond acceptors (Lipinski definition) is 2. The van der Waals surface area contributed by atoms with Gasteiger partial charge in [-0.25, -0.2) is 0 Å². The molecule has 0 aliphatic carbocycles. The molecule has 0 fully saturated rings. The summed E-state index contributed by atoms with van der Waals surface area (Å²) in [6, 6.07) is 13.4. The monoisotopic (exact) mass is 643 g/mol. The Bertz CT molecular complexity index is 1580. The fraction of sp³-hybridized carbons (Fsp3) is 0.115. The van der Waals surface area contributed by atoms with Crippen molar-refractivity contribution in [3.63, 3.8) is 0 Å². The number of H-pyrrole nitrogens is 1. The summed E-state index contributed by atoms with van der Waals surface area (Å²) in [6.45, 7) is -0.587. The summed E-state index contributed by atoms with van der Waals surface area (Å²) < 4.78 is 83.8. The highest BCUT2D eigenvalue weighted by Crippen LogP contribution is 2.37. The molecule has 12 heteroatoms. The zero-order valence-electron chi connectivity index (χ0n) is 19.0. The van der Waals surface area contributed by atoms with Gasteiger partial charge < -0.3 is 10.3 Å². The van der Waals surface area contributed by atoms with Crippen LogP contribution in [-0.4, -0.2) is 20.8 Å². The molecule has 0 atom stereocenters. The second-order valence-corrected chi connectivity index (χ2v) is 10.2. The molecule has 4 aromatic rings. The van der Waals surface area contributed by atoms with Crippen molar-refractivity contribution in [2.45, 2.75) is 18.9 Å². The third kappa shape index (κ3) is 5.04. The van der Waals surface area contributed by atoms with Crippen molar-refractivity contribution in [3.8, 4) is 11.3 Å². The van der Waals surface area contributed by atoms with Gasteiger partial charge in [0.05, 0.1) is 22.4 Å². The first-order valence-corrected chi connectivity index (χ1v) is 13.3. The number of carbonyl (C=O) groups is 2. The molecule has 3 N–H and O–H groups in total. The fourth-order valence-corrected chi connectivity index (χ4v) is 5.86. The molecule has 1 aliphatic rings. The van der Waals surface area contributed by atoms with Gasteiger partial charge in [0.1, 0.15) is 0 Å². The molecule has 0 unspecified atom stereocenters. The van der Waals surface area contributed by atoms with Gasteiger partial charge in [-0.3, -0.25) is 13.1 Å². The molecule has 1 aliphatic heterocycles. The van der Waals surface area contributed by atoms with Crippen molar-refractivity contribution in [3.05, 3.63) is 94.0 Å². The third-order valence-electron chi connectivity index (χ3n) is 5.91. The first-order chi connectivity index (χ1) is 17.9. The van der Waals surface area contributed by atoms with Crippen molar-refractivity contribution in [1.82, 2.24) is 13.8 Å². The normalized spacial score (nSPS) is 13.6. The maximum absolute atomic E-state index is 13.2. The van der Waals surface area contributed by atoms with Crippen molar-refractivity contribution in [2.75, 3.05) is 0 Å². The van der Waals surface area contributed by atoms with Gasteiger partial charge in [0, 0.05) is 28.6 Å². The maximum Gasteiger partial charge on any atom is 0.416 e. The van der Waals surface area contributed by atoms with Crippen molar-refractivity contribution < 1.29 is 35.9 Å². The fourth-order valence-electron chi connectivity index (χ4n) is 4.20. The predicted molar refractivity (Wildman–Crippen MR) is 138 cm³/mol. The van der Waals surface area contributed by atoms with E-state index in [0.29, 0.717) is 23.0 Å². The minimum absolute atomic E-state index is 0.0261. The van der Waals surface area contributed by atoms with E-state index in [4.69, 9.17) is 0 Å². The van der Waals surface area contributed by atoms with Gasteiger partial charge in [0.15, 0.2) is 0 Å². The maximum atomic E-state index is 13.2. The second kappa shape index (κ2) is 9.57. The highest BCUT2D eigenvalue weighted by molar-refractivity contribution is 14.2. The van der Waals surface area contributed by atoms with Crippen LogP contribution >= 0.6 is 21.0 Å². The average Bonchev–Trinajstić information content (AvgIpc) is 3.15. The van der Waals surface area contributed by atoms with Crippen LogP contribution in [0.5, 0.6) is 0 Å². The number of carbonyl (C=O) groups excluding carboxylic acids is 2. The van der Waals surface area contributed by atoms with Gasteiger partial charge in [-0.05, 0) is 66.5 Å². The summed E-state index contributed by atoms with van der Waals surface area (Å²) in [5.74, 6) is -1.14. The SMILES string of the molecule is O=C(NCc1cc(C(F)(F)F)cc(C(F)(F)F)c1)c1cc2c3c(c(-c4ccccc4)[nH]c3c1)C=INC2=O. The molecule has 3 aromatic carbocycles. The number of hydrogen-bond donors (Lipinski definition) is 3. The molecule has 5 nitrogen and oxygen atoms in total. The lowest BCUT2D eigenvalue weighted by atomic mass is 10.00. The Hall–Kier alpha value is -3.68. The molecule has 5 rings (SSSR count). The first kappa shape index (κ1) is 25.9. The molecule has 38 heavy (non-hydrogen) atoms. The van der Waals surface area contributed by atoms with Crippen molar-refractivity contribution >= 4 is 47.7 Å². The average molecular weight is 643 g/mol. The van der Waals surface area contributed by atoms with Crippen LogP contribution in [0.2, 0.25) is 0 Å². The van der Waals surface area contributed by atoms with E-state index in [9.17, 15) is 35.9 Å². The summed E-state index contributed by atoms with van der Waals surface area (Å²) in [7, 11) is 0. The van der Waals surface area contributed by atoms with Gasteiger partial charge in [0.2, 0.25) is 0 Å². The van der Waals surface area contributed by atoms with E-state index >= 15 is 0 Å². The van der Waals surface area contributed by atoms with Crippen LogP contribution in [0, 0.1) is 0 Å². The van der Waals surface area contributed by atoms with Crippen LogP contribution in [0.4, 0.5) is 26.3 Å². The van der Waals surface area contributed by atoms with E-state index in [2.05, 4.69) is 13.8 Å². The lowest BCUT2D eigenvalue weighted by Crippen LogP contribution is -2.24. The quantitative estimate of drug-likeness (QED) is 0.134. The molecule has 0 saturated heterocycles. The molecule has 1 aromatic heterocycles. The largest absolute Gasteiger partial charge is 0.416 e. The van der Waals surface area contributed by atoms with Gasteiger partial charge >= 0.3 is 12.4 Å². The number of aromatic amines is 1. The number of nitrogens with one attached hydrogen (secondary N) is 3. The zero-order chi connectivity index (χ0) is 27.2. The minimum atomic E-state index is -5.00. The Kier molecular flexibility index (Phi) is 6.53. The number of amides is 2. The second-order valence-electron chi connectivity index (χ2n) is 8.46. The summed E-state index contributed by atoms with van der Waals surface area (Å²) in [5, 5.41) is 3.00. The van der Waals surface area contributed by atoms with Gasteiger partial charge in [-0.1, -0.05) is 30.3 Å². The molecule has 196 valence electrons. The lowest BCUT2D eigenvalue weighted by Gasteiger charge is -2.15. The highest BCUT2D eigenvalue weighted by atomic mass is 127. The van der Waals surface area contributed by atoms with Gasteiger partial charge in [-0.15, -0.1) is 0 Å². The Morgan fingerprint density at radius 2 is 1.55 bits per heavy atom. The Labute approximate surface area is 221 Å². The Morgan fingerprint density at radius 1 is 0.895 bits per heavy atom. The van der Waals surface area contributed by atoms with E-state index in [1.165, 1.54) is 12.1 Å². The van der Waals surface area contributed by atoms with Gasteiger partial charge in [-0.2, -0.15) is 26.3 Å². The Morgan fingerprint density at radius 3 is 2.18 bits per heavy atom. The summed E-state index contributed by atoms with van der Waals surface area (Å²) >= 11 is -0.830. The molecule has 0 radical (unpaired) electrons. The summed E-state index contributed by atoms with van der Waals surface area (Å²) in [5.41, 5.74) is -0.0873. The van der Waals surface area contributed by atoms with Crippen LogP contribution in [0.1, 0.15) is 43.0 Å². The molecule has 0 saturated carbocycles. The van der Waals surface area contributed by atoms with E-state index < -0.39 is 56.9 Å². The molecular weight excluding hydrogens is 627 g/mol. The van der Waals surface area contributed by atoms with E-state index in [1.807, 2.05) is 34.3 Å². The topological polar surface area (TPSA) is 74.0 Å². The van der Waals surface area contributed by atoms with Crippen LogP contribution in [-0.2, 0) is 18.9 Å². The predicted octanol–water partition coefficient (Wildman–Crippen LogP) is 6.58. The number of aromatic nitrogens is 1. The smallest absolute Gasteiger partial charge is 0.354 e. The Balaban J connectivity index is 1.50. The van der Waals surface area contributed by atoms with Crippen molar-refractivity contribution in [2.24, 2.45) is 0 Å². The van der Waals surface area contributed by atoms with Crippen LogP contribution in [0.15, 0.2) is 60.7 Å². The zero-order valence-corrected chi connectivity index (χ0v) is 21.2. The third-order valence-corrected chi connectivity index (χ3v) is 7.65. The standard InChI is InChI=1S/C26H16F6IN3O2/c27-25(28,29)16-6-13(7-17(10-16)26(30,31)32)12-34-23(37)15-8-18-21-19(11-33-36-24(18)38)22(35-20(21)9-15)14-4-2-1-3-5-14/h1-11,35H,12H2,(H,34,37)(H,36,38). The van der Waals surface area contributed by atoms with Crippen LogP contribution < -0.4 is 8.85 Å². The summed E-state index contributed by atoms with van der Waals surface area (Å²) in [6.07, 6.45) is -10.00. The van der Waals surface area contributed by atoms with E-state index in [0.717, 1.165) is 16.8 Å². The van der Waals surface area contributed by atoms with E-state index in [1.54, 1.807) is 0 Å². The van der Waals surface area contributed by atoms with E-state index in [-0.39, 0.29) is 28.7 Å². The van der Waals surface area contributed by atoms with Crippen molar-refractivity contribution in [1.29, 1.82) is 0 Å². The minimum Gasteiger partial charge on any atom is -0.354 e. The molecule has 0 bridgehead atoms. The van der Waals surface area contributed by atoms with Crippen LogP contribution in [0.25, 0.3) is 22.2 Å². The number of alkyl halides is 6. The number of benzene rings is 3. The number of halogens is 7. The first-order valence-electron chi connectivity index (χ1n) is 11.0. The molecular formula is C26H16F6IN3O2. The molecule has 2 heterocycles. The van der Waals surface area contributed by atoms with Gasteiger partial charge in [0.25, 0.3) is 11.8 Å². The summed E-state index contributed by atoms with van der Waals surface area (Å²) in [4.78, 5) is 29.0. The molecule has 0 spiro atoms. The number of rotatable bonds is 4. The van der Waals surface area contributed by atoms with Crippen LogP contribution in [0.3, 0.4) is 0 Å². The highest BCUT2D eigenvalue weighted by Gasteiger charge is 2.37.